The average Bonchev–Trinajstić information content (AvgIpc) is 2.23. The molecule has 0 amide bonds. The van der Waals surface area contributed by atoms with Gasteiger partial charge in [0.05, 0.1) is 4.99 Å². The zero-order chi connectivity index (χ0) is 12.8. The predicted octanol–water partition coefficient (Wildman–Crippen LogP) is 2.88. The maximum absolute atomic E-state index is 5.56. The van der Waals surface area contributed by atoms with Gasteiger partial charge in [0.25, 0.3) is 0 Å². The summed E-state index contributed by atoms with van der Waals surface area (Å²) in [6.07, 6.45) is 0.791. The Labute approximate surface area is 110 Å². The SMILES string of the molecule is Cc1cccc(CN(CCC(N)=S)C(C)C)c1. The van der Waals surface area contributed by atoms with E-state index in [0.29, 0.717) is 11.0 Å². The van der Waals surface area contributed by atoms with Crippen LogP contribution in [0.1, 0.15) is 31.4 Å². The van der Waals surface area contributed by atoms with Gasteiger partial charge in [-0.1, -0.05) is 42.0 Å². The third-order valence-electron chi connectivity index (χ3n) is 2.84. The largest absolute Gasteiger partial charge is 0.393 e. The lowest BCUT2D eigenvalue weighted by Gasteiger charge is -2.26. The second-order valence-corrected chi connectivity index (χ2v) is 5.29. The quantitative estimate of drug-likeness (QED) is 0.787. The summed E-state index contributed by atoms with van der Waals surface area (Å²) in [5.41, 5.74) is 8.22. The van der Waals surface area contributed by atoms with Crippen molar-refractivity contribution in [1.82, 2.24) is 4.90 Å². The van der Waals surface area contributed by atoms with Crippen LogP contribution >= 0.6 is 12.2 Å². The Morgan fingerprint density at radius 2 is 2.12 bits per heavy atom. The molecule has 17 heavy (non-hydrogen) atoms. The van der Waals surface area contributed by atoms with Crippen molar-refractivity contribution in [2.45, 2.75) is 39.8 Å². The highest BCUT2D eigenvalue weighted by Gasteiger charge is 2.10. The summed E-state index contributed by atoms with van der Waals surface area (Å²) in [6, 6.07) is 9.14. The fraction of sp³-hybridized carbons (Fsp3) is 0.500. The van der Waals surface area contributed by atoms with Crippen LogP contribution < -0.4 is 5.73 Å². The van der Waals surface area contributed by atoms with E-state index in [2.05, 4.69) is 49.9 Å². The highest BCUT2D eigenvalue weighted by molar-refractivity contribution is 7.80. The van der Waals surface area contributed by atoms with Crippen LogP contribution in [0.15, 0.2) is 24.3 Å². The van der Waals surface area contributed by atoms with E-state index in [0.717, 1.165) is 19.5 Å². The average molecular weight is 250 g/mol. The van der Waals surface area contributed by atoms with Gasteiger partial charge in [0, 0.05) is 25.6 Å². The molecule has 0 saturated heterocycles. The van der Waals surface area contributed by atoms with Crippen LogP contribution in [0.2, 0.25) is 0 Å². The summed E-state index contributed by atoms with van der Waals surface area (Å²) in [7, 11) is 0. The number of hydrogen-bond acceptors (Lipinski definition) is 2. The Balaban J connectivity index is 2.63. The lowest BCUT2D eigenvalue weighted by molar-refractivity contribution is 0.219. The van der Waals surface area contributed by atoms with Crippen molar-refractivity contribution in [3.05, 3.63) is 35.4 Å². The van der Waals surface area contributed by atoms with Gasteiger partial charge >= 0.3 is 0 Å². The van der Waals surface area contributed by atoms with E-state index in [9.17, 15) is 0 Å². The molecule has 0 heterocycles. The van der Waals surface area contributed by atoms with Gasteiger partial charge < -0.3 is 5.73 Å². The molecule has 1 aromatic rings. The molecule has 0 spiro atoms. The van der Waals surface area contributed by atoms with E-state index >= 15 is 0 Å². The van der Waals surface area contributed by atoms with Crippen LogP contribution in [0.3, 0.4) is 0 Å². The highest BCUT2D eigenvalue weighted by atomic mass is 32.1. The molecule has 0 saturated carbocycles. The molecular formula is C14H22N2S. The van der Waals surface area contributed by atoms with Crippen LogP contribution in [-0.4, -0.2) is 22.5 Å². The van der Waals surface area contributed by atoms with Crippen LogP contribution in [0.25, 0.3) is 0 Å². The van der Waals surface area contributed by atoms with E-state index in [1.807, 2.05) is 0 Å². The first-order valence-corrected chi connectivity index (χ1v) is 6.47. The molecule has 0 aliphatic rings. The normalized spacial score (nSPS) is 11.1. The summed E-state index contributed by atoms with van der Waals surface area (Å²) < 4.78 is 0. The highest BCUT2D eigenvalue weighted by Crippen LogP contribution is 2.10. The van der Waals surface area contributed by atoms with E-state index in [1.165, 1.54) is 11.1 Å². The monoisotopic (exact) mass is 250 g/mol. The number of nitrogens with zero attached hydrogens (tertiary/aromatic N) is 1. The molecular weight excluding hydrogens is 228 g/mol. The maximum Gasteiger partial charge on any atom is 0.0740 e. The minimum atomic E-state index is 0.505. The van der Waals surface area contributed by atoms with Gasteiger partial charge in [-0.3, -0.25) is 4.90 Å². The van der Waals surface area contributed by atoms with Crippen molar-refractivity contribution in [2.24, 2.45) is 5.73 Å². The minimum absolute atomic E-state index is 0.505. The van der Waals surface area contributed by atoms with E-state index < -0.39 is 0 Å². The number of benzene rings is 1. The molecule has 0 bridgehead atoms. The second-order valence-electron chi connectivity index (χ2n) is 4.77. The van der Waals surface area contributed by atoms with Crippen molar-refractivity contribution >= 4 is 17.2 Å². The number of rotatable bonds is 6. The molecule has 0 aliphatic heterocycles. The van der Waals surface area contributed by atoms with Crippen molar-refractivity contribution in [3.63, 3.8) is 0 Å². The molecule has 0 radical (unpaired) electrons. The molecule has 1 rings (SSSR count). The van der Waals surface area contributed by atoms with Crippen LogP contribution in [0.5, 0.6) is 0 Å². The number of hydrogen-bond donors (Lipinski definition) is 1. The van der Waals surface area contributed by atoms with Crippen molar-refractivity contribution in [2.75, 3.05) is 6.54 Å². The molecule has 1 aromatic carbocycles. The molecule has 0 unspecified atom stereocenters. The van der Waals surface area contributed by atoms with Gasteiger partial charge in [-0.25, -0.2) is 0 Å². The Bertz CT molecular complexity index is 374. The van der Waals surface area contributed by atoms with Crippen LogP contribution in [0.4, 0.5) is 0 Å². The van der Waals surface area contributed by atoms with Gasteiger partial charge in [-0.05, 0) is 26.3 Å². The summed E-state index contributed by atoms with van der Waals surface area (Å²) in [6.45, 7) is 8.42. The Hall–Kier alpha value is -0.930. The molecule has 0 fully saturated rings. The van der Waals surface area contributed by atoms with Crippen molar-refractivity contribution < 1.29 is 0 Å². The first kappa shape index (κ1) is 14.1. The molecule has 2 N–H and O–H groups in total. The lowest BCUT2D eigenvalue weighted by atomic mass is 10.1. The molecule has 94 valence electrons. The van der Waals surface area contributed by atoms with Gasteiger partial charge in [0.15, 0.2) is 0 Å². The number of aryl methyl sites for hydroxylation is 1. The van der Waals surface area contributed by atoms with E-state index in [-0.39, 0.29) is 0 Å². The first-order chi connectivity index (χ1) is 7.99. The summed E-state index contributed by atoms with van der Waals surface area (Å²) in [5.74, 6) is 0. The summed E-state index contributed by atoms with van der Waals surface area (Å²) in [5, 5.41) is 0. The Kier molecular flexibility index (Phi) is 5.59. The summed E-state index contributed by atoms with van der Waals surface area (Å²) in [4.78, 5) is 2.99. The Morgan fingerprint density at radius 3 is 2.65 bits per heavy atom. The third kappa shape index (κ3) is 5.29. The molecule has 2 nitrogen and oxygen atoms in total. The maximum atomic E-state index is 5.56. The fourth-order valence-corrected chi connectivity index (χ4v) is 1.91. The zero-order valence-electron chi connectivity index (χ0n) is 10.9. The third-order valence-corrected chi connectivity index (χ3v) is 3.05. The van der Waals surface area contributed by atoms with Gasteiger partial charge in [-0.2, -0.15) is 0 Å². The van der Waals surface area contributed by atoms with Gasteiger partial charge in [0.2, 0.25) is 0 Å². The van der Waals surface area contributed by atoms with Gasteiger partial charge in [0.1, 0.15) is 0 Å². The van der Waals surface area contributed by atoms with E-state index in [1.54, 1.807) is 0 Å². The molecule has 0 aliphatic carbocycles. The fourth-order valence-electron chi connectivity index (χ4n) is 1.82. The molecule has 3 heteroatoms. The van der Waals surface area contributed by atoms with Gasteiger partial charge in [-0.15, -0.1) is 0 Å². The Morgan fingerprint density at radius 1 is 1.41 bits per heavy atom. The smallest absolute Gasteiger partial charge is 0.0740 e. The number of nitrogens with two attached hydrogens (primary N) is 1. The van der Waals surface area contributed by atoms with E-state index in [4.69, 9.17) is 18.0 Å². The first-order valence-electron chi connectivity index (χ1n) is 6.07. The summed E-state index contributed by atoms with van der Waals surface area (Å²) >= 11 is 4.94. The lowest BCUT2D eigenvalue weighted by Crippen LogP contribution is -2.33. The second kappa shape index (κ2) is 6.72. The zero-order valence-corrected chi connectivity index (χ0v) is 11.8. The standard InChI is InChI=1S/C14H22N2S/c1-11(2)16(8-7-14(15)17)10-13-6-4-5-12(3)9-13/h4-6,9,11H,7-8,10H2,1-3H3,(H2,15,17). The van der Waals surface area contributed by atoms with Crippen molar-refractivity contribution in [3.8, 4) is 0 Å². The topological polar surface area (TPSA) is 29.3 Å². The number of thiocarbonyl (C=S) groups is 1. The van der Waals surface area contributed by atoms with Crippen LogP contribution in [0, 0.1) is 6.92 Å². The molecule has 0 atom stereocenters. The van der Waals surface area contributed by atoms with Crippen LogP contribution in [-0.2, 0) is 6.54 Å². The molecule has 0 aromatic heterocycles. The predicted molar refractivity (Wildman–Crippen MR) is 78.1 cm³/mol. The van der Waals surface area contributed by atoms with Crippen molar-refractivity contribution in [1.29, 1.82) is 0 Å². The minimum Gasteiger partial charge on any atom is -0.393 e.